The van der Waals surface area contributed by atoms with Gasteiger partial charge in [-0.2, -0.15) is 0 Å². The van der Waals surface area contributed by atoms with Gasteiger partial charge in [-0.3, -0.25) is 14.9 Å². The van der Waals surface area contributed by atoms with Gasteiger partial charge in [0.2, 0.25) is 0 Å². The van der Waals surface area contributed by atoms with E-state index in [0.717, 1.165) is 5.56 Å². The number of nitrogens with zero attached hydrogens (tertiary/aromatic N) is 2. The minimum absolute atomic E-state index is 0.00747. The van der Waals surface area contributed by atoms with Crippen LogP contribution in [-0.4, -0.2) is 55.2 Å². The van der Waals surface area contributed by atoms with Crippen molar-refractivity contribution < 1.29 is 23.9 Å². The van der Waals surface area contributed by atoms with Crippen LogP contribution in [0.25, 0.3) is 11.1 Å². The molecule has 1 heterocycles. The molecule has 1 aliphatic rings. The third-order valence-electron chi connectivity index (χ3n) is 4.52. The van der Waals surface area contributed by atoms with E-state index < -0.39 is 4.92 Å². The third-order valence-corrected chi connectivity index (χ3v) is 4.52. The number of morpholine rings is 1. The molecule has 0 aromatic heterocycles. The van der Waals surface area contributed by atoms with Crippen molar-refractivity contribution in [1.29, 1.82) is 0 Å². The summed E-state index contributed by atoms with van der Waals surface area (Å²) in [6.45, 7) is 3.32. The first kappa shape index (κ1) is 19.6. The largest absolute Gasteiger partial charge is 0.497 e. The second kappa shape index (κ2) is 8.71. The zero-order chi connectivity index (χ0) is 20.1. The summed E-state index contributed by atoms with van der Waals surface area (Å²) < 4.78 is 16.3. The van der Waals surface area contributed by atoms with Crippen LogP contribution in [0.4, 0.5) is 5.69 Å². The molecule has 1 saturated heterocycles. The van der Waals surface area contributed by atoms with E-state index in [-0.39, 0.29) is 24.3 Å². The molecular formula is C20H22N2O6. The molecule has 148 valence electrons. The predicted octanol–water partition coefficient (Wildman–Crippen LogP) is 2.90. The molecule has 0 aliphatic carbocycles. The SMILES string of the molecule is COc1ccc(-c2cc([N+](=O)[O-])ccc2OCC(=O)N2CCOC(C)C2)cc1. The number of methoxy groups -OCH3 is 1. The lowest BCUT2D eigenvalue weighted by Crippen LogP contribution is -2.46. The van der Waals surface area contributed by atoms with Crippen molar-refractivity contribution in [1.82, 2.24) is 4.90 Å². The first-order chi connectivity index (χ1) is 13.5. The Kier molecular flexibility index (Phi) is 6.10. The molecule has 1 unspecified atom stereocenters. The van der Waals surface area contributed by atoms with E-state index in [1.807, 2.05) is 6.92 Å². The summed E-state index contributed by atoms with van der Waals surface area (Å²) in [6, 6.07) is 11.4. The summed E-state index contributed by atoms with van der Waals surface area (Å²) in [7, 11) is 1.56. The Labute approximate surface area is 162 Å². The van der Waals surface area contributed by atoms with Crippen molar-refractivity contribution in [3.63, 3.8) is 0 Å². The zero-order valence-electron chi connectivity index (χ0n) is 15.8. The van der Waals surface area contributed by atoms with Crippen molar-refractivity contribution in [2.75, 3.05) is 33.4 Å². The number of ether oxygens (including phenoxy) is 3. The number of hydrogen-bond donors (Lipinski definition) is 0. The average molecular weight is 386 g/mol. The number of rotatable bonds is 6. The van der Waals surface area contributed by atoms with Crippen molar-refractivity contribution in [3.8, 4) is 22.6 Å². The summed E-state index contributed by atoms with van der Waals surface area (Å²) in [5.41, 5.74) is 1.22. The maximum Gasteiger partial charge on any atom is 0.270 e. The van der Waals surface area contributed by atoms with E-state index >= 15 is 0 Å². The standard InChI is InChI=1S/C20H22N2O6/c1-14-12-21(9-10-27-14)20(23)13-28-19-8-5-16(22(24)25)11-18(19)15-3-6-17(26-2)7-4-15/h3-8,11,14H,9-10,12-13H2,1-2H3. The van der Waals surface area contributed by atoms with Gasteiger partial charge in [-0.15, -0.1) is 0 Å². The number of benzene rings is 2. The van der Waals surface area contributed by atoms with Gasteiger partial charge in [0.15, 0.2) is 6.61 Å². The molecule has 0 spiro atoms. The Hall–Kier alpha value is -3.13. The van der Waals surface area contributed by atoms with Crippen molar-refractivity contribution in [3.05, 3.63) is 52.6 Å². The maximum atomic E-state index is 12.4. The molecule has 3 rings (SSSR count). The van der Waals surface area contributed by atoms with Crippen LogP contribution < -0.4 is 9.47 Å². The number of non-ortho nitro benzene ring substituents is 1. The molecule has 1 atom stereocenters. The van der Waals surface area contributed by atoms with Crippen molar-refractivity contribution in [2.45, 2.75) is 13.0 Å². The van der Waals surface area contributed by atoms with Gasteiger partial charge in [-0.1, -0.05) is 12.1 Å². The van der Waals surface area contributed by atoms with Crippen LogP contribution in [0.1, 0.15) is 6.92 Å². The first-order valence-electron chi connectivity index (χ1n) is 8.93. The minimum atomic E-state index is -0.461. The van der Waals surface area contributed by atoms with E-state index in [0.29, 0.717) is 36.8 Å². The van der Waals surface area contributed by atoms with Gasteiger partial charge in [0.05, 0.1) is 24.7 Å². The van der Waals surface area contributed by atoms with Gasteiger partial charge in [0.25, 0.3) is 11.6 Å². The highest BCUT2D eigenvalue weighted by molar-refractivity contribution is 5.79. The van der Waals surface area contributed by atoms with Gasteiger partial charge in [-0.25, -0.2) is 0 Å². The van der Waals surface area contributed by atoms with Gasteiger partial charge in [-0.05, 0) is 30.7 Å². The number of carbonyl (C=O) groups excluding carboxylic acids is 1. The third kappa shape index (κ3) is 4.58. The molecule has 2 aromatic carbocycles. The molecule has 1 amide bonds. The number of hydrogen-bond acceptors (Lipinski definition) is 6. The second-order valence-electron chi connectivity index (χ2n) is 6.48. The Balaban J connectivity index is 1.81. The molecule has 2 aromatic rings. The van der Waals surface area contributed by atoms with Gasteiger partial charge in [0, 0.05) is 30.8 Å². The van der Waals surface area contributed by atoms with Gasteiger partial charge >= 0.3 is 0 Å². The summed E-state index contributed by atoms with van der Waals surface area (Å²) >= 11 is 0. The monoisotopic (exact) mass is 386 g/mol. The molecule has 0 radical (unpaired) electrons. The summed E-state index contributed by atoms with van der Waals surface area (Å²) in [5, 5.41) is 11.2. The normalized spacial score (nSPS) is 16.5. The van der Waals surface area contributed by atoms with E-state index in [9.17, 15) is 14.9 Å². The fourth-order valence-electron chi connectivity index (χ4n) is 3.03. The van der Waals surface area contributed by atoms with E-state index in [1.54, 1.807) is 36.3 Å². The van der Waals surface area contributed by atoms with Crippen LogP contribution in [0.5, 0.6) is 11.5 Å². The van der Waals surface area contributed by atoms with Crippen LogP contribution in [0, 0.1) is 10.1 Å². The quantitative estimate of drug-likeness (QED) is 0.560. The lowest BCUT2D eigenvalue weighted by molar-refractivity contribution is -0.384. The maximum absolute atomic E-state index is 12.4. The van der Waals surface area contributed by atoms with Crippen LogP contribution in [0.2, 0.25) is 0 Å². The summed E-state index contributed by atoms with van der Waals surface area (Å²) in [5.74, 6) is 0.938. The lowest BCUT2D eigenvalue weighted by Gasteiger charge is -2.31. The van der Waals surface area contributed by atoms with Gasteiger partial charge < -0.3 is 19.1 Å². The van der Waals surface area contributed by atoms with E-state index in [1.165, 1.54) is 18.2 Å². The van der Waals surface area contributed by atoms with Crippen LogP contribution >= 0.6 is 0 Å². The van der Waals surface area contributed by atoms with Crippen LogP contribution in [-0.2, 0) is 9.53 Å². The topological polar surface area (TPSA) is 91.1 Å². The Morgan fingerprint density at radius 3 is 2.68 bits per heavy atom. The fraction of sp³-hybridized carbons (Fsp3) is 0.350. The molecular weight excluding hydrogens is 364 g/mol. The van der Waals surface area contributed by atoms with Crippen LogP contribution in [0.3, 0.4) is 0 Å². The summed E-state index contributed by atoms with van der Waals surface area (Å²) in [4.78, 5) is 24.9. The first-order valence-corrected chi connectivity index (χ1v) is 8.93. The fourth-order valence-corrected chi connectivity index (χ4v) is 3.03. The summed E-state index contributed by atoms with van der Waals surface area (Å²) in [6.07, 6.45) is -0.00747. The highest BCUT2D eigenvalue weighted by atomic mass is 16.6. The molecule has 1 fully saturated rings. The minimum Gasteiger partial charge on any atom is -0.497 e. The van der Waals surface area contributed by atoms with Gasteiger partial charge in [0.1, 0.15) is 11.5 Å². The number of carbonyl (C=O) groups is 1. The second-order valence-corrected chi connectivity index (χ2v) is 6.48. The molecule has 28 heavy (non-hydrogen) atoms. The average Bonchev–Trinajstić information content (AvgIpc) is 2.72. The number of amides is 1. The predicted molar refractivity (Wildman–Crippen MR) is 103 cm³/mol. The lowest BCUT2D eigenvalue weighted by atomic mass is 10.0. The van der Waals surface area contributed by atoms with E-state index in [4.69, 9.17) is 14.2 Å². The highest BCUT2D eigenvalue weighted by Crippen LogP contribution is 2.34. The molecule has 0 saturated carbocycles. The Morgan fingerprint density at radius 2 is 2.04 bits per heavy atom. The molecule has 0 bridgehead atoms. The van der Waals surface area contributed by atoms with Crippen molar-refractivity contribution >= 4 is 11.6 Å². The number of nitro groups is 1. The van der Waals surface area contributed by atoms with E-state index in [2.05, 4.69) is 0 Å². The Morgan fingerprint density at radius 1 is 1.29 bits per heavy atom. The zero-order valence-corrected chi connectivity index (χ0v) is 15.8. The van der Waals surface area contributed by atoms with Crippen molar-refractivity contribution in [2.24, 2.45) is 0 Å². The molecule has 8 nitrogen and oxygen atoms in total. The smallest absolute Gasteiger partial charge is 0.270 e. The molecule has 1 aliphatic heterocycles. The highest BCUT2D eigenvalue weighted by Gasteiger charge is 2.22. The Bertz CT molecular complexity index is 852. The molecule has 0 N–H and O–H groups in total. The number of nitro benzene ring substituents is 1. The van der Waals surface area contributed by atoms with Crippen LogP contribution in [0.15, 0.2) is 42.5 Å². The molecule has 8 heteroatoms.